The Hall–Kier alpha value is -2.80. The van der Waals surface area contributed by atoms with Crippen LogP contribution in [0.3, 0.4) is 0 Å². The molecule has 136 valence electrons. The van der Waals surface area contributed by atoms with Gasteiger partial charge in [0.2, 0.25) is 10.0 Å². The minimum absolute atomic E-state index is 0.465. The normalized spacial score (nSPS) is 11.3. The van der Waals surface area contributed by atoms with Crippen molar-refractivity contribution in [1.82, 2.24) is 4.98 Å². The van der Waals surface area contributed by atoms with E-state index in [9.17, 15) is 8.42 Å². The first-order chi connectivity index (χ1) is 12.4. The number of aryl methyl sites for hydroxylation is 1. The summed E-state index contributed by atoms with van der Waals surface area (Å²) in [7, 11) is -3.27. The highest BCUT2D eigenvalue weighted by Gasteiger charge is 2.03. The Bertz CT molecular complexity index is 1000. The van der Waals surface area contributed by atoms with E-state index < -0.39 is 10.0 Å². The lowest BCUT2D eigenvalue weighted by molar-refractivity contribution is 0.333. The number of ether oxygens (including phenoxy) is 1. The van der Waals surface area contributed by atoms with Gasteiger partial charge in [-0.15, -0.1) is 0 Å². The molecule has 0 saturated heterocycles. The summed E-state index contributed by atoms with van der Waals surface area (Å²) in [5, 5.41) is 4.41. The van der Waals surface area contributed by atoms with Crippen molar-refractivity contribution in [1.29, 1.82) is 0 Å². The number of rotatable bonds is 7. The zero-order chi connectivity index (χ0) is 18.6. The van der Waals surface area contributed by atoms with Gasteiger partial charge in [-0.1, -0.05) is 18.2 Å². The van der Waals surface area contributed by atoms with Crippen LogP contribution < -0.4 is 14.8 Å². The highest BCUT2D eigenvalue weighted by atomic mass is 32.2. The maximum Gasteiger partial charge on any atom is 0.229 e. The molecule has 0 aliphatic heterocycles. The van der Waals surface area contributed by atoms with E-state index in [1.807, 2.05) is 24.3 Å². The first kappa shape index (κ1) is 18.0. The number of sulfonamides is 1. The van der Waals surface area contributed by atoms with Gasteiger partial charge in [0.25, 0.3) is 0 Å². The number of fused-ring (bicyclic) bond motifs is 1. The Morgan fingerprint density at radius 3 is 2.54 bits per heavy atom. The average Bonchev–Trinajstić information content (AvgIpc) is 2.59. The third kappa shape index (κ3) is 4.86. The van der Waals surface area contributed by atoms with Crippen molar-refractivity contribution in [2.24, 2.45) is 0 Å². The maximum atomic E-state index is 11.2. The molecule has 1 heterocycles. The van der Waals surface area contributed by atoms with Crippen LogP contribution in [0.25, 0.3) is 10.9 Å². The van der Waals surface area contributed by atoms with Gasteiger partial charge >= 0.3 is 0 Å². The van der Waals surface area contributed by atoms with E-state index in [-0.39, 0.29) is 0 Å². The second-order valence-corrected chi connectivity index (χ2v) is 7.76. The van der Waals surface area contributed by atoms with Gasteiger partial charge in [0.05, 0.1) is 18.3 Å². The fourth-order valence-corrected chi connectivity index (χ4v) is 3.19. The van der Waals surface area contributed by atoms with Crippen molar-refractivity contribution in [2.75, 3.05) is 29.4 Å². The summed E-state index contributed by atoms with van der Waals surface area (Å²) in [4.78, 5) is 4.59. The van der Waals surface area contributed by atoms with Gasteiger partial charge in [0, 0.05) is 11.1 Å². The van der Waals surface area contributed by atoms with Gasteiger partial charge in [0.15, 0.2) is 0 Å². The number of nitrogens with one attached hydrogen (secondary N) is 2. The minimum Gasteiger partial charge on any atom is -0.492 e. The maximum absolute atomic E-state index is 11.2. The van der Waals surface area contributed by atoms with Crippen molar-refractivity contribution in [3.05, 3.63) is 60.2 Å². The van der Waals surface area contributed by atoms with Crippen LogP contribution in [0, 0.1) is 6.92 Å². The molecule has 0 spiro atoms. The second kappa shape index (κ2) is 7.61. The summed E-state index contributed by atoms with van der Waals surface area (Å²) < 4.78 is 30.4. The number of hydrogen-bond acceptors (Lipinski definition) is 5. The summed E-state index contributed by atoms with van der Waals surface area (Å²) in [6.07, 6.45) is 1.12. The summed E-state index contributed by atoms with van der Waals surface area (Å²) >= 11 is 0. The van der Waals surface area contributed by atoms with E-state index >= 15 is 0 Å². The van der Waals surface area contributed by atoms with Crippen LogP contribution >= 0.6 is 0 Å². The van der Waals surface area contributed by atoms with Crippen LogP contribution in [0.15, 0.2) is 54.6 Å². The van der Waals surface area contributed by atoms with Crippen molar-refractivity contribution in [3.63, 3.8) is 0 Å². The summed E-state index contributed by atoms with van der Waals surface area (Å²) in [6.45, 7) is 3.14. The Balaban J connectivity index is 1.53. The van der Waals surface area contributed by atoms with E-state index in [1.54, 1.807) is 24.3 Å². The standard InChI is InChI=1S/C19H21N3O3S/c1-14-13-19(21-18-6-4-3-5-17(14)18)20-11-12-25-16-9-7-15(8-10-16)22-26(2,23)24/h3-10,13,22H,11-12H2,1-2H3,(H,20,21). The molecule has 0 saturated carbocycles. The monoisotopic (exact) mass is 371 g/mol. The van der Waals surface area contributed by atoms with E-state index in [1.165, 1.54) is 5.56 Å². The van der Waals surface area contributed by atoms with Crippen LogP contribution in [0.4, 0.5) is 11.5 Å². The summed E-state index contributed by atoms with van der Waals surface area (Å²) in [6, 6.07) is 16.9. The van der Waals surface area contributed by atoms with Crippen LogP contribution in [0.2, 0.25) is 0 Å². The van der Waals surface area contributed by atoms with Gasteiger partial charge in [0.1, 0.15) is 18.2 Å². The molecular formula is C19H21N3O3S. The Labute approximate surface area is 153 Å². The molecule has 26 heavy (non-hydrogen) atoms. The highest BCUT2D eigenvalue weighted by molar-refractivity contribution is 7.92. The van der Waals surface area contributed by atoms with Gasteiger partial charge in [-0.25, -0.2) is 13.4 Å². The number of anilines is 2. The minimum atomic E-state index is -3.27. The van der Waals surface area contributed by atoms with Crippen molar-refractivity contribution in [3.8, 4) is 5.75 Å². The SMILES string of the molecule is Cc1cc(NCCOc2ccc(NS(C)(=O)=O)cc2)nc2ccccc12. The van der Waals surface area contributed by atoms with Crippen LogP contribution in [0.1, 0.15) is 5.56 Å². The Morgan fingerprint density at radius 1 is 1.08 bits per heavy atom. The van der Waals surface area contributed by atoms with Crippen LogP contribution in [0.5, 0.6) is 5.75 Å². The number of benzene rings is 2. The first-order valence-electron chi connectivity index (χ1n) is 8.22. The highest BCUT2D eigenvalue weighted by Crippen LogP contribution is 2.20. The third-order valence-electron chi connectivity index (χ3n) is 3.76. The molecule has 0 fully saturated rings. The fraction of sp³-hybridized carbons (Fsp3) is 0.211. The molecular weight excluding hydrogens is 350 g/mol. The predicted octanol–water partition coefficient (Wildman–Crippen LogP) is 3.41. The second-order valence-electron chi connectivity index (χ2n) is 6.02. The van der Waals surface area contributed by atoms with Crippen molar-refractivity contribution >= 4 is 32.4 Å². The zero-order valence-electron chi connectivity index (χ0n) is 14.7. The van der Waals surface area contributed by atoms with Crippen LogP contribution in [-0.4, -0.2) is 32.8 Å². The Morgan fingerprint density at radius 2 is 1.81 bits per heavy atom. The quantitative estimate of drug-likeness (QED) is 0.622. The lowest BCUT2D eigenvalue weighted by atomic mass is 10.1. The molecule has 0 bridgehead atoms. The molecule has 0 atom stereocenters. The molecule has 0 unspecified atom stereocenters. The Kier molecular flexibility index (Phi) is 5.27. The van der Waals surface area contributed by atoms with E-state index in [0.717, 1.165) is 23.0 Å². The smallest absolute Gasteiger partial charge is 0.229 e. The van der Waals surface area contributed by atoms with Crippen molar-refractivity contribution in [2.45, 2.75) is 6.92 Å². The summed E-state index contributed by atoms with van der Waals surface area (Å²) in [5.74, 6) is 1.49. The molecule has 0 radical (unpaired) electrons. The average molecular weight is 371 g/mol. The van der Waals surface area contributed by atoms with E-state index in [2.05, 4.69) is 28.0 Å². The molecule has 2 N–H and O–H groups in total. The molecule has 3 aromatic rings. The molecule has 6 nitrogen and oxygen atoms in total. The zero-order valence-corrected chi connectivity index (χ0v) is 15.5. The largest absolute Gasteiger partial charge is 0.492 e. The number of nitrogens with zero attached hydrogens (tertiary/aromatic N) is 1. The van der Waals surface area contributed by atoms with Gasteiger partial charge < -0.3 is 10.1 Å². The molecule has 3 rings (SSSR count). The molecule has 0 aliphatic rings. The van der Waals surface area contributed by atoms with Gasteiger partial charge in [-0.05, 0) is 48.9 Å². The number of pyridine rings is 1. The van der Waals surface area contributed by atoms with E-state index in [4.69, 9.17) is 4.74 Å². The topological polar surface area (TPSA) is 80.3 Å². The van der Waals surface area contributed by atoms with Gasteiger partial charge in [-0.3, -0.25) is 4.72 Å². The summed E-state index contributed by atoms with van der Waals surface area (Å²) in [5.41, 5.74) is 2.65. The number of hydrogen-bond donors (Lipinski definition) is 2. The molecule has 0 aliphatic carbocycles. The lowest BCUT2D eigenvalue weighted by Crippen LogP contribution is -2.12. The number of para-hydroxylation sites is 1. The lowest BCUT2D eigenvalue weighted by Gasteiger charge is -2.11. The van der Waals surface area contributed by atoms with Gasteiger partial charge in [-0.2, -0.15) is 0 Å². The third-order valence-corrected chi connectivity index (χ3v) is 4.36. The molecule has 0 amide bonds. The van der Waals surface area contributed by atoms with E-state index in [0.29, 0.717) is 24.6 Å². The predicted molar refractivity (Wildman–Crippen MR) is 105 cm³/mol. The van der Waals surface area contributed by atoms with Crippen molar-refractivity contribution < 1.29 is 13.2 Å². The first-order valence-corrected chi connectivity index (χ1v) is 10.1. The number of aromatic nitrogens is 1. The molecule has 2 aromatic carbocycles. The van der Waals surface area contributed by atoms with Crippen LogP contribution in [-0.2, 0) is 10.0 Å². The molecule has 1 aromatic heterocycles. The molecule has 7 heteroatoms. The fourth-order valence-electron chi connectivity index (χ4n) is 2.62.